The lowest BCUT2D eigenvalue weighted by atomic mass is 10.0. The van der Waals surface area contributed by atoms with Crippen LogP contribution in [0, 0.1) is 13.8 Å². The van der Waals surface area contributed by atoms with Crippen LogP contribution in [-0.2, 0) is 18.3 Å². The SMILES string of the molecule is Cc1ccc2c(CC(=O)N3CCNCC3c3nccn3C)coc2c1C. The number of hydrogen-bond donors (Lipinski definition) is 1. The average Bonchev–Trinajstić information content (AvgIpc) is 3.25. The van der Waals surface area contributed by atoms with E-state index in [-0.39, 0.29) is 11.9 Å². The van der Waals surface area contributed by atoms with E-state index in [1.54, 1.807) is 12.5 Å². The van der Waals surface area contributed by atoms with Crippen LogP contribution in [0.3, 0.4) is 0 Å². The Hall–Kier alpha value is -2.60. The smallest absolute Gasteiger partial charge is 0.227 e. The summed E-state index contributed by atoms with van der Waals surface area (Å²) in [5.41, 5.74) is 4.16. The highest BCUT2D eigenvalue weighted by Crippen LogP contribution is 2.28. The van der Waals surface area contributed by atoms with Crippen molar-refractivity contribution in [3.63, 3.8) is 0 Å². The van der Waals surface area contributed by atoms with Crippen molar-refractivity contribution in [1.29, 1.82) is 0 Å². The highest BCUT2D eigenvalue weighted by atomic mass is 16.3. The highest BCUT2D eigenvalue weighted by molar-refractivity contribution is 5.89. The molecule has 1 amide bonds. The molecule has 6 nitrogen and oxygen atoms in total. The number of imidazole rings is 1. The molecule has 136 valence electrons. The number of aromatic nitrogens is 2. The third-order valence-corrected chi connectivity index (χ3v) is 5.40. The first-order chi connectivity index (χ1) is 12.6. The molecule has 3 aromatic rings. The Balaban J connectivity index is 1.61. The molecule has 1 unspecified atom stereocenters. The molecule has 3 heterocycles. The Labute approximate surface area is 152 Å². The summed E-state index contributed by atoms with van der Waals surface area (Å²) in [6.45, 7) is 6.34. The number of amides is 1. The van der Waals surface area contributed by atoms with E-state index in [4.69, 9.17) is 4.42 Å². The minimum Gasteiger partial charge on any atom is -0.464 e. The summed E-state index contributed by atoms with van der Waals surface area (Å²) in [7, 11) is 1.97. The number of nitrogens with one attached hydrogen (secondary N) is 1. The molecule has 0 radical (unpaired) electrons. The zero-order valence-corrected chi connectivity index (χ0v) is 15.5. The van der Waals surface area contributed by atoms with Gasteiger partial charge in [-0.25, -0.2) is 4.98 Å². The summed E-state index contributed by atoms with van der Waals surface area (Å²) in [5, 5.41) is 4.40. The van der Waals surface area contributed by atoms with Gasteiger partial charge in [0.15, 0.2) is 0 Å². The van der Waals surface area contributed by atoms with Gasteiger partial charge in [-0.05, 0) is 25.0 Å². The third kappa shape index (κ3) is 2.80. The summed E-state index contributed by atoms with van der Waals surface area (Å²) in [4.78, 5) is 19.5. The van der Waals surface area contributed by atoms with E-state index in [9.17, 15) is 4.79 Å². The van der Waals surface area contributed by atoms with E-state index < -0.39 is 0 Å². The number of nitrogens with zero attached hydrogens (tertiary/aromatic N) is 3. The average molecular weight is 352 g/mol. The molecule has 1 aromatic carbocycles. The predicted octanol–water partition coefficient (Wildman–Crippen LogP) is 2.50. The fourth-order valence-corrected chi connectivity index (χ4v) is 3.72. The molecule has 1 atom stereocenters. The number of fused-ring (bicyclic) bond motifs is 1. The van der Waals surface area contributed by atoms with Crippen LogP contribution >= 0.6 is 0 Å². The van der Waals surface area contributed by atoms with Gasteiger partial charge in [-0.2, -0.15) is 0 Å². The van der Waals surface area contributed by atoms with Gasteiger partial charge in [-0.15, -0.1) is 0 Å². The highest BCUT2D eigenvalue weighted by Gasteiger charge is 2.30. The Morgan fingerprint density at radius 2 is 2.23 bits per heavy atom. The quantitative estimate of drug-likeness (QED) is 0.787. The lowest BCUT2D eigenvalue weighted by Gasteiger charge is -2.35. The first-order valence-corrected chi connectivity index (χ1v) is 9.00. The first-order valence-electron chi connectivity index (χ1n) is 9.00. The van der Waals surface area contributed by atoms with Crippen molar-refractivity contribution in [3.05, 3.63) is 53.3 Å². The fraction of sp³-hybridized carbons (Fsp3) is 0.400. The molecule has 1 aliphatic heterocycles. The van der Waals surface area contributed by atoms with Gasteiger partial charge in [0.25, 0.3) is 0 Å². The molecular formula is C20H24N4O2. The molecule has 1 fully saturated rings. The summed E-state index contributed by atoms with van der Waals surface area (Å²) >= 11 is 0. The van der Waals surface area contributed by atoms with Gasteiger partial charge in [0.05, 0.1) is 12.7 Å². The molecule has 0 aliphatic carbocycles. The van der Waals surface area contributed by atoms with Crippen LogP contribution < -0.4 is 5.32 Å². The minimum absolute atomic E-state index is 0.0432. The first kappa shape index (κ1) is 16.8. The Kier molecular flexibility index (Phi) is 4.28. The summed E-state index contributed by atoms with van der Waals surface area (Å²) in [5.74, 6) is 1.02. The van der Waals surface area contributed by atoms with Crippen LogP contribution in [0.4, 0.5) is 0 Å². The van der Waals surface area contributed by atoms with Gasteiger partial charge in [-0.1, -0.05) is 12.1 Å². The van der Waals surface area contributed by atoms with Gasteiger partial charge in [0.1, 0.15) is 17.4 Å². The second-order valence-electron chi connectivity index (χ2n) is 7.03. The number of carbonyl (C=O) groups is 1. The monoisotopic (exact) mass is 352 g/mol. The van der Waals surface area contributed by atoms with E-state index >= 15 is 0 Å². The lowest BCUT2D eigenvalue weighted by Crippen LogP contribution is -2.49. The van der Waals surface area contributed by atoms with E-state index in [1.165, 1.54) is 5.56 Å². The van der Waals surface area contributed by atoms with E-state index in [1.807, 2.05) is 22.7 Å². The maximum absolute atomic E-state index is 13.1. The zero-order valence-electron chi connectivity index (χ0n) is 15.5. The molecule has 4 rings (SSSR count). The van der Waals surface area contributed by atoms with E-state index in [0.29, 0.717) is 13.0 Å². The van der Waals surface area contributed by atoms with Crippen LogP contribution in [0.2, 0.25) is 0 Å². The van der Waals surface area contributed by atoms with Crippen LogP contribution in [0.1, 0.15) is 28.6 Å². The third-order valence-electron chi connectivity index (χ3n) is 5.40. The molecule has 1 aliphatic rings. The van der Waals surface area contributed by atoms with Gasteiger partial charge in [0, 0.05) is 50.0 Å². The van der Waals surface area contributed by atoms with Crippen molar-refractivity contribution in [1.82, 2.24) is 19.8 Å². The van der Waals surface area contributed by atoms with Gasteiger partial charge in [-0.3, -0.25) is 4.79 Å². The standard InChI is InChI=1S/C20H24N4O2/c1-13-4-5-16-15(12-26-19(16)14(13)2)10-18(25)24-9-6-21-11-17(24)20-22-7-8-23(20)3/h4-5,7-8,12,17,21H,6,9-11H2,1-3H3. The van der Waals surface area contributed by atoms with Gasteiger partial charge in [0.2, 0.25) is 5.91 Å². The van der Waals surface area contributed by atoms with Crippen LogP contribution in [0.5, 0.6) is 0 Å². The summed E-state index contributed by atoms with van der Waals surface area (Å²) in [6.07, 6.45) is 5.77. The van der Waals surface area contributed by atoms with Crippen molar-refractivity contribution in [3.8, 4) is 0 Å². The topological polar surface area (TPSA) is 63.3 Å². The number of furan rings is 1. The number of benzene rings is 1. The Morgan fingerprint density at radius 3 is 3.00 bits per heavy atom. The van der Waals surface area contributed by atoms with Gasteiger partial charge < -0.3 is 19.2 Å². The normalized spacial score (nSPS) is 17.8. The molecule has 6 heteroatoms. The Bertz CT molecular complexity index is 956. The van der Waals surface area contributed by atoms with Crippen LogP contribution in [0.15, 0.2) is 35.2 Å². The maximum atomic E-state index is 13.1. The van der Waals surface area contributed by atoms with E-state index in [0.717, 1.165) is 41.0 Å². The fourth-order valence-electron chi connectivity index (χ4n) is 3.72. The second-order valence-corrected chi connectivity index (χ2v) is 7.03. The molecular weight excluding hydrogens is 328 g/mol. The summed E-state index contributed by atoms with van der Waals surface area (Å²) in [6, 6.07) is 4.10. The number of carbonyl (C=O) groups excluding carboxylic acids is 1. The molecule has 0 spiro atoms. The van der Waals surface area contributed by atoms with Crippen molar-refractivity contribution in [2.45, 2.75) is 26.3 Å². The predicted molar refractivity (Wildman–Crippen MR) is 99.9 cm³/mol. The molecule has 2 aromatic heterocycles. The molecule has 1 saturated heterocycles. The second kappa shape index (κ2) is 6.61. The number of rotatable bonds is 3. The van der Waals surface area contributed by atoms with Crippen molar-refractivity contribution >= 4 is 16.9 Å². The van der Waals surface area contributed by atoms with Crippen molar-refractivity contribution < 1.29 is 9.21 Å². The largest absolute Gasteiger partial charge is 0.464 e. The molecule has 0 bridgehead atoms. The number of aryl methyl sites for hydroxylation is 3. The Morgan fingerprint density at radius 1 is 1.38 bits per heavy atom. The maximum Gasteiger partial charge on any atom is 0.227 e. The lowest BCUT2D eigenvalue weighted by molar-refractivity contribution is -0.134. The molecule has 1 N–H and O–H groups in total. The van der Waals surface area contributed by atoms with Crippen LogP contribution in [-0.4, -0.2) is 40.0 Å². The van der Waals surface area contributed by atoms with Crippen molar-refractivity contribution in [2.24, 2.45) is 7.05 Å². The number of piperazine rings is 1. The van der Waals surface area contributed by atoms with Crippen LogP contribution in [0.25, 0.3) is 11.0 Å². The van der Waals surface area contributed by atoms with E-state index in [2.05, 4.69) is 36.3 Å². The summed E-state index contributed by atoms with van der Waals surface area (Å²) < 4.78 is 7.75. The molecule has 0 saturated carbocycles. The zero-order chi connectivity index (χ0) is 18.3. The van der Waals surface area contributed by atoms with Gasteiger partial charge >= 0.3 is 0 Å². The minimum atomic E-state index is -0.0432. The number of hydrogen-bond acceptors (Lipinski definition) is 4. The molecule has 26 heavy (non-hydrogen) atoms. The van der Waals surface area contributed by atoms with Crippen molar-refractivity contribution in [2.75, 3.05) is 19.6 Å².